The highest BCUT2D eigenvalue weighted by Crippen LogP contribution is 2.44. The lowest BCUT2D eigenvalue weighted by molar-refractivity contribution is -0.386. The number of nitrogens with zero attached hydrogens (tertiary/aromatic N) is 1. The number of anilines is 1. The summed E-state index contributed by atoms with van der Waals surface area (Å²) in [7, 11) is 0. The van der Waals surface area contributed by atoms with Gasteiger partial charge in [-0.3, -0.25) is 10.1 Å². The summed E-state index contributed by atoms with van der Waals surface area (Å²) >= 11 is 3.11. The van der Waals surface area contributed by atoms with E-state index in [1.807, 2.05) is 0 Å². The van der Waals surface area contributed by atoms with Gasteiger partial charge in [-0.2, -0.15) is 4.39 Å². The minimum Gasteiger partial charge on any atom is -0.488 e. The molecule has 0 saturated heterocycles. The van der Waals surface area contributed by atoms with Crippen molar-refractivity contribution in [2.24, 2.45) is 0 Å². The molecule has 16 heavy (non-hydrogen) atoms. The first-order valence-electron chi connectivity index (χ1n) is 4.56. The van der Waals surface area contributed by atoms with Gasteiger partial charge in [-0.25, -0.2) is 0 Å². The highest BCUT2D eigenvalue weighted by atomic mass is 79.9. The molecule has 2 rings (SSSR count). The van der Waals surface area contributed by atoms with Gasteiger partial charge in [0, 0.05) is 0 Å². The van der Waals surface area contributed by atoms with Crippen molar-refractivity contribution >= 4 is 27.3 Å². The lowest BCUT2D eigenvalue weighted by Crippen LogP contribution is -2.29. The Morgan fingerprint density at radius 1 is 1.75 bits per heavy atom. The summed E-state index contributed by atoms with van der Waals surface area (Å²) in [5.74, 6) is -0.605. The number of nitro benzene ring substituents is 1. The fourth-order valence-corrected chi connectivity index (χ4v) is 2.06. The molecule has 1 aliphatic heterocycles. The van der Waals surface area contributed by atoms with Gasteiger partial charge in [0.1, 0.15) is 6.61 Å². The molecule has 0 bridgehead atoms. The van der Waals surface area contributed by atoms with Crippen LogP contribution in [0.5, 0.6) is 5.75 Å². The van der Waals surface area contributed by atoms with Crippen LogP contribution in [0, 0.1) is 15.9 Å². The van der Waals surface area contributed by atoms with Crippen LogP contribution in [0.4, 0.5) is 15.8 Å². The highest BCUT2D eigenvalue weighted by Gasteiger charge is 2.30. The molecule has 1 unspecified atom stereocenters. The first-order chi connectivity index (χ1) is 7.50. The van der Waals surface area contributed by atoms with Gasteiger partial charge < -0.3 is 10.1 Å². The third kappa shape index (κ3) is 1.71. The molecule has 1 aromatic carbocycles. The first-order valence-corrected chi connectivity index (χ1v) is 5.35. The van der Waals surface area contributed by atoms with E-state index in [1.165, 1.54) is 0 Å². The number of benzene rings is 1. The van der Waals surface area contributed by atoms with Gasteiger partial charge in [-0.05, 0) is 28.9 Å². The second-order valence-corrected chi connectivity index (χ2v) is 4.36. The van der Waals surface area contributed by atoms with Crippen molar-refractivity contribution < 1.29 is 14.1 Å². The van der Waals surface area contributed by atoms with Crippen molar-refractivity contribution in [2.75, 3.05) is 11.9 Å². The minimum atomic E-state index is -0.888. The smallest absolute Gasteiger partial charge is 0.331 e. The van der Waals surface area contributed by atoms with E-state index in [-0.39, 0.29) is 17.5 Å². The number of rotatable bonds is 1. The zero-order chi connectivity index (χ0) is 11.9. The zero-order valence-electron chi connectivity index (χ0n) is 8.29. The number of hydrogen-bond donors (Lipinski definition) is 1. The van der Waals surface area contributed by atoms with Crippen LogP contribution in [0.2, 0.25) is 0 Å². The van der Waals surface area contributed by atoms with E-state index in [0.717, 1.165) is 6.07 Å². The van der Waals surface area contributed by atoms with Gasteiger partial charge >= 0.3 is 5.69 Å². The maximum atomic E-state index is 13.4. The number of fused-ring (bicyclic) bond motifs is 1. The van der Waals surface area contributed by atoms with Crippen LogP contribution in [0.3, 0.4) is 0 Å². The molecule has 0 aliphatic carbocycles. The summed E-state index contributed by atoms with van der Waals surface area (Å²) in [6, 6.07) is 0.939. The molecule has 1 aliphatic rings. The van der Waals surface area contributed by atoms with Gasteiger partial charge in [-0.15, -0.1) is 0 Å². The predicted octanol–water partition coefficient (Wildman–Crippen LogP) is 2.69. The van der Waals surface area contributed by atoms with Crippen molar-refractivity contribution in [3.63, 3.8) is 0 Å². The van der Waals surface area contributed by atoms with E-state index in [9.17, 15) is 14.5 Å². The fourth-order valence-electron chi connectivity index (χ4n) is 1.54. The van der Waals surface area contributed by atoms with Crippen molar-refractivity contribution in [3.05, 3.63) is 26.5 Å². The van der Waals surface area contributed by atoms with Crippen LogP contribution >= 0.6 is 15.9 Å². The van der Waals surface area contributed by atoms with Crippen LogP contribution < -0.4 is 10.1 Å². The van der Waals surface area contributed by atoms with E-state index >= 15 is 0 Å². The summed E-state index contributed by atoms with van der Waals surface area (Å²) in [5.41, 5.74) is -0.486. The Balaban J connectivity index is 2.66. The Bertz CT molecular complexity index is 467. The van der Waals surface area contributed by atoms with Gasteiger partial charge in [-0.1, -0.05) is 0 Å². The summed E-state index contributed by atoms with van der Waals surface area (Å²) in [6.07, 6.45) is 0. The van der Waals surface area contributed by atoms with Crippen molar-refractivity contribution in [1.29, 1.82) is 0 Å². The number of nitro groups is 1. The Morgan fingerprint density at radius 3 is 3.06 bits per heavy atom. The number of ether oxygens (including phenoxy) is 1. The Kier molecular flexibility index (Phi) is 2.71. The van der Waals surface area contributed by atoms with Crippen LogP contribution in [0.1, 0.15) is 6.92 Å². The largest absolute Gasteiger partial charge is 0.488 e. The molecule has 0 aromatic heterocycles. The maximum Gasteiger partial charge on any atom is 0.331 e. The summed E-state index contributed by atoms with van der Waals surface area (Å²) in [5, 5.41) is 13.6. The van der Waals surface area contributed by atoms with E-state index in [2.05, 4.69) is 21.2 Å². The SMILES string of the molecule is CC1COc2c(Br)cc(F)c([N+](=O)[O-])c2N1. The second kappa shape index (κ2) is 3.89. The molecule has 1 atom stereocenters. The predicted molar refractivity (Wildman–Crippen MR) is 59.3 cm³/mol. The highest BCUT2D eigenvalue weighted by molar-refractivity contribution is 9.10. The zero-order valence-corrected chi connectivity index (χ0v) is 9.88. The molecular weight excluding hydrogens is 283 g/mol. The lowest BCUT2D eigenvalue weighted by Gasteiger charge is -2.25. The van der Waals surface area contributed by atoms with E-state index < -0.39 is 16.4 Å². The molecule has 1 heterocycles. The van der Waals surface area contributed by atoms with Gasteiger partial charge in [0.2, 0.25) is 5.82 Å². The molecule has 7 heteroatoms. The lowest BCUT2D eigenvalue weighted by atomic mass is 10.2. The summed E-state index contributed by atoms with van der Waals surface area (Å²) in [6.45, 7) is 2.18. The molecule has 1 aromatic rings. The molecule has 0 amide bonds. The number of nitrogens with one attached hydrogen (secondary N) is 1. The monoisotopic (exact) mass is 290 g/mol. The van der Waals surface area contributed by atoms with Crippen LogP contribution in [0.15, 0.2) is 10.5 Å². The average Bonchev–Trinajstić information content (AvgIpc) is 2.15. The molecule has 1 N–H and O–H groups in total. The Labute approximate surface area is 98.9 Å². The van der Waals surface area contributed by atoms with Crippen LogP contribution in [0.25, 0.3) is 0 Å². The summed E-state index contributed by atoms with van der Waals surface area (Å²) in [4.78, 5) is 10.0. The van der Waals surface area contributed by atoms with Crippen LogP contribution in [-0.2, 0) is 0 Å². The molecule has 0 saturated carbocycles. The minimum absolute atomic E-state index is 0.0932. The number of hydrogen-bond acceptors (Lipinski definition) is 4. The first kappa shape index (κ1) is 11.1. The quantitative estimate of drug-likeness (QED) is 0.638. The molecule has 0 spiro atoms. The molecule has 0 radical (unpaired) electrons. The third-order valence-electron chi connectivity index (χ3n) is 2.21. The fraction of sp³-hybridized carbons (Fsp3) is 0.333. The molecular formula is C9H8BrFN2O3. The van der Waals surface area contributed by atoms with Crippen LogP contribution in [-0.4, -0.2) is 17.6 Å². The summed E-state index contributed by atoms with van der Waals surface area (Å²) < 4.78 is 19.1. The van der Waals surface area contributed by atoms with Gasteiger partial charge in [0.15, 0.2) is 11.4 Å². The van der Waals surface area contributed by atoms with Crippen molar-refractivity contribution in [3.8, 4) is 5.75 Å². The topological polar surface area (TPSA) is 64.4 Å². The van der Waals surface area contributed by atoms with Gasteiger partial charge in [0.25, 0.3) is 0 Å². The van der Waals surface area contributed by atoms with Crippen molar-refractivity contribution in [2.45, 2.75) is 13.0 Å². The van der Waals surface area contributed by atoms with E-state index in [4.69, 9.17) is 4.74 Å². The Hall–Kier alpha value is -1.37. The average molecular weight is 291 g/mol. The Morgan fingerprint density at radius 2 is 2.44 bits per heavy atom. The number of halogens is 2. The second-order valence-electron chi connectivity index (χ2n) is 3.51. The molecule has 5 nitrogen and oxygen atoms in total. The standard InChI is InChI=1S/C9H8BrFN2O3/c1-4-3-16-9-5(10)2-6(11)8(13(14)15)7(9)12-4/h2,4,12H,3H2,1H3. The maximum absolute atomic E-state index is 13.4. The van der Waals surface area contributed by atoms with E-state index in [0.29, 0.717) is 11.1 Å². The van der Waals surface area contributed by atoms with Crippen molar-refractivity contribution in [1.82, 2.24) is 0 Å². The van der Waals surface area contributed by atoms with E-state index in [1.54, 1.807) is 6.92 Å². The molecule has 86 valence electrons. The normalized spacial score (nSPS) is 18.3. The molecule has 0 fully saturated rings. The van der Waals surface area contributed by atoms with Gasteiger partial charge in [0.05, 0.1) is 15.4 Å². The third-order valence-corrected chi connectivity index (χ3v) is 2.80.